The summed E-state index contributed by atoms with van der Waals surface area (Å²) in [7, 11) is 1.19. The van der Waals surface area contributed by atoms with E-state index < -0.39 is 29.5 Å². The van der Waals surface area contributed by atoms with Gasteiger partial charge in [-0.3, -0.25) is 4.90 Å². The predicted octanol–water partition coefficient (Wildman–Crippen LogP) is 2.51. The Labute approximate surface area is 114 Å². The number of rotatable bonds is 3. The molecule has 1 unspecified atom stereocenters. The highest BCUT2D eigenvalue weighted by Crippen LogP contribution is 2.49. The van der Waals surface area contributed by atoms with Crippen molar-refractivity contribution in [3.05, 3.63) is 29.8 Å². The number of primary amides is 1. The standard InChI is InChI=1S/C11H10F6N2O2/c1-19(8(18)20)7-4-2-6(3-5-7)9(12,13)10(14,21)11(15,16)17/h2-5,21H,1H3,(H2,18,20). The van der Waals surface area contributed by atoms with E-state index >= 15 is 0 Å². The first-order chi connectivity index (χ1) is 9.32. The molecule has 0 aliphatic rings. The Kier molecular flexibility index (Phi) is 4.15. The second-order valence-electron chi connectivity index (χ2n) is 4.14. The van der Waals surface area contributed by atoms with Gasteiger partial charge in [-0.05, 0) is 12.1 Å². The summed E-state index contributed by atoms with van der Waals surface area (Å²) in [6.45, 7) is 0. The van der Waals surface area contributed by atoms with Gasteiger partial charge in [0.15, 0.2) is 0 Å². The summed E-state index contributed by atoms with van der Waals surface area (Å²) in [5.41, 5.74) is 3.49. The minimum Gasteiger partial charge on any atom is -0.351 e. The van der Waals surface area contributed by atoms with E-state index in [9.17, 15) is 31.1 Å². The summed E-state index contributed by atoms with van der Waals surface area (Å²) in [6.07, 6.45) is -6.18. The lowest BCUT2D eigenvalue weighted by Crippen LogP contribution is -2.53. The number of nitrogens with two attached hydrogens (primary N) is 1. The number of nitrogens with zero attached hydrogens (tertiary/aromatic N) is 1. The SMILES string of the molecule is CN(C(N)=O)c1ccc(C(F)(F)C(O)(F)C(F)(F)F)cc1. The highest BCUT2D eigenvalue weighted by atomic mass is 19.4. The number of urea groups is 1. The van der Waals surface area contributed by atoms with Crippen LogP contribution in [0.4, 0.5) is 36.8 Å². The summed E-state index contributed by atoms with van der Waals surface area (Å²) in [6, 6.07) is 1.63. The van der Waals surface area contributed by atoms with Gasteiger partial charge in [0.25, 0.3) is 0 Å². The van der Waals surface area contributed by atoms with E-state index in [0.717, 1.165) is 17.0 Å². The Morgan fingerprint density at radius 3 is 1.86 bits per heavy atom. The molecule has 0 saturated heterocycles. The molecule has 0 aliphatic heterocycles. The molecular weight excluding hydrogens is 306 g/mol. The van der Waals surface area contributed by atoms with Crippen LogP contribution in [-0.4, -0.2) is 30.2 Å². The number of anilines is 1. The number of hydrogen-bond acceptors (Lipinski definition) is 2. The number of carbonyl (C=O) groups is 1. The largest absolute Gasteiger partial charge is 0.455 e. The first-order valence-electron chi connectivity index (χ1n) is 5.32. The number of aliphatic hydroxyl groups is 1. The van der Waals surface area contributed by atoms with Crippen molar-refractivity contribution in [2.45, 2.75) is 18.0 Å². The van der Waals surface area contributed by atoms with Crippen LogP contribution in [0.15, 0.2) is 24.3 Å². The van der Waals surface area contributed by atoms with Crippen LogP contribution in [-0.2, 0) is 5.92 Å². The maximum Gasteiger partial charge on any atom is 0.455 e. The van der Waals surface area contributed by atoms with Crippen molar-refractivity contribution < 1.29 is 36.2 Å². The third-order valence-electron chi connectivity index (χ3n) is 2.74. The Morgan fingerprint density at radius 1 is 1.10 bits per heavy atom. The van der Waals surface area contributed by atoms with E-state index in [1.807, 2.05) is 0 Å². The van der Waals surface area contributed by atoms with Gasteiger partial charge in [-0.1, -0.05) is 12.1 Å². The van der Waals surface area contributed by atoms with Crippen molar-refractivity contribution in [1.82, 2.24) is 0 Å². The van der Waals surface area contributed by atoms with E-state index in [1.165, 1.54) is 7.05 Å². The summed E-state index contributed by atoms with van der Waals surface area (Å²) in [5, 5.41) is 8.47. The molecule has 2 amide bonds. The molecule has 1 atom stereocenters. The number of benzene rings is 1. The molecule has 0 aliphatic carbocycles. The maximum atomic E-state index is 13.5. The monoisotopic (exact) mass is 316 g/mol. The molecule has 0 saturated carbocycles. The zero-order valence-corrected chi connectivity index (χ0v) is 10.5. The van der Waals surface area contributed by atoms with Crippen LogP contribution in [0.5, 0.6) is 0 Å². The lowest BCUT2D eigenvalue weighted by molar-refractivity contribution is -0.390. The molecule has 0 radical (unpaired) electrons. The second kappa shape index (κ2) is 5.10. The van der Waals surface area contributed by atoms with Gasteiger partial charge in [-0.25, -0.2) is 4.79 Å². The van der Waals surface area contributed by atoms with Gasteiger partial charge >= 0.3 is 24.0 Å². The van der Waals surface area contributed by atoms with E-state index in [0.29, 0.717) is 12.1 Å². The number of alkyl halides is 6. The van der Waals surface area contributed by atoms with Crippen LogP contribution in [0.1, 0.15) is 5.56 Å². The summed E-state index contributed by atoms with van der Waals surface area (Å²) >= 11 is 0. The molecule has 1 aromatic rings. The summed E-state index contributed by atoms with van der Waals surface area (Å²) in [5.74, 6) is -11.0. The zero-order chi connectivity index (χ0) is 16.6. The number of amides is 2. The number of hydrogen-bond donors (Lipinski definition) is 2. The fraction of sp³-hybridized carbons (Fsp3) is 0.364. The van der Waals surface area contributed by atoms with Gasteiger partial charge < -0.3 is 10.8 Å². The minimum absolute atomic E-state index is 0.00328. The van der Waals surface area contributed by atoms with Crippen LogP contribution < -0.4 is 10.6 Å². The van der Waals surface area contributed by atoms with Crippen molar-refractivity contribution in [3.63, 3.8) is 0 Å². The van der Waals surface area contributed by atoms with Crippen LogP contribution >= 0.6 is 0 Å². The Bertz CT molecular complexity index is 527. The van der Waals surface area contributed by atoms with E-state index in [1.54, 1.807) is 0 Å². The molecule has 1 rings (SSSR count). The average Bonchev–Trinajstić information content (AvgIpc) is 2.36. The first kappa shape index (κ1) is 17.1. The fourth-order valence-electron chi connectivity index (χ4n) is 1.39. The highest BCUT2D eigenvalue weighted by Gasteiger charge is 2.71. The maximum absolute atomic E-state index is 13.5. The third-order valence-corrected chi connectivity index (χ3v) is 2.74. The molecule has 3 N–H and O–H groups in total. The van der Waals surface area contributed by atoms with Crippen molar-refractivity contribution in [2.24, 2.45) is 5.73 Å². The van der Waals surface area contributed by atoms with Gasteiger partial charge in [0.05, 0.1) is 0 Å². The average molecular weight is 316 g/mol. The minimum atomic E-state index is -6.18. The molecule has 10 heteroatoms. The van der Waals surface area contributed by atoms with Gasteiger partial charge in [-0.2, -0.15) is 26.3 Å². The van der Waals surface area contributed by atoms with Crippen LogP contribution in [0.3, 0.4) is 0 Å². The molecule has 1 aromatic carbocycles. The van der Waals surface area contributed by atoms with Crippen molar-refractivity contribution in [1.29, 1.82) is 0 Å². The molecule has 0 fully saturated rings. The summed E-state index contributed by atoms with van der Waals surface area (Å²) in [4.78, 5) is 11.7. The Morgan fingerprint density at radius 2 is 1.52 bits per heavy atom. The summed E-state index contributed by atoms with van der Waals surface area (Å²) < 4.78 is 76.4. The fourth-order valence-corrected chi connectivity index (χ4v) is 1.39. The van der Waals surface area contributed by atoms with Crippen LogP contribution in [0.2, 0.25) is 0 Å². The second-order valence-corrected chi connectivity index (χ2v) is 4.14. The molecule has 21 heavy (non-hydrogen) atoms. The van der Waals surface area contributed by atoms with Crippen molar-refractivity contribution in [3.8, 4) is 0 Å². The number of carbonyl (C=O) groups excluding carboxylic acids is 1. The smallest absolute Gasteiger partial charge is 0.351 e. The predicted molar refractivity (Wildman–Crippen MR) is 60.4 cm³/mol. The Balaban J connectivity index is 3.19. The lowest BCUT2D eigenvalue weighted by atomic mass is 10.0. The van der Waals surface area contributed by atoms with Crippen molar-refractivity contribution >= 4 is 11.7 Å². The molecule has 118 valence electrons. The molecular formula is C11H10F6N2O2. The van der Waals surface area contributed by atoms with Crippen molar-refractivity contribution in [2.75, 3.05) is 11.9 Å². The Hall–Kier alpha value is -1.97. The van der Waals surface area contributed by atoms with Crippen LogP contribution in [0.25, 0.3) is 0 Å². The topological polar surface area (TPSA) is 66.6 Å². The first-order valence-corrected chi connectivity index (χ1v) is 5.32. The molecule has 4 nitrogen and oxygen atoms in total. The normalized spacial score (nSPS) is 15.4. The molecule has 0 spiro atoms. The molecule has 0 aromatic heterocycles. The van der Waals surface area contributed by atoms with Gasteiger partial charge in [0.1, 0.15) is 0 Å². The van der Waals surface area contributed by atoms with Gasteiger partial charge in [-0.15, -0.1) is 0 Å². The molecule has 0 bridgehead atoms. The van der Waals surface area contributed by atoms with Crippen LogP contribution in [0, 0.1) is 0 Å². The van der Waals surface area contributed by atoms with Gasteiger partial charge in [0, 0.05) is 18.3 Å². The quantitative estimate of drug-likeness (QED) is 0.842. The van der Waals surface area contributed by atoms with E-state index in [-0.39, 0.29) is 5.69 Å². The van der Waals surface area contributed by atoms with Gasteiger partial charge in [0.2, 0.25) is 0 Å². The third kappa shape index (κ3) is 2.89. The highest BCUT2D eigenvalue weighted by molar-refractivity contribution is 5.89. The van der Waals surface area contributed by atoms with E-state index in [2.05, 4.69) is 0 Å². The molecule has 0 heterocycles. The zero-order valence-electron chi connectivity index (χ0n) is 10.5. The number of halogens is 6. The lowest BCUT2D eigenvalue weighted by Gasteiger charge is -2.30. The van der Waals surface area contributed by atoms with E-state index in [4.69, 9.17) is 10.8 Å².